The van der Waals surface area contributed by atoms with E-state index in [2.05, 4.69) is 0 Å². The number of carbonyl (C=O) groups is 2. The maximum Gasteiger partial charge on any atom is 0.410 e. The first-order chi connectivity index (χ1) is 9.72. The fourth-order valence-corrected chi connectivity index (χ4v) is 2.42. The van der Waals surface area contributed by atoms with Crippen molar-refractivity contribution in [2.75, 3.05) is 13.1 Å². The highest BCUT2D eigenvalue weighted by Crippen LogP contribution is 2.19. The summed E-state index contributed by atoms with van der Waals surface area (Å²) in [5.41, 5.74) is 6.33. The van der Waals surface area contributed by atoms with Crippen LogP contribution in [-0.4, -0.2) is 35.9 Å². The summed E-state index contributed by atoms with van der Waals surface area (Å²) in [5, 5.41) is 0. The van der Waals surface area contributed by atoms with Crippen LogP contribution in [0, 0.1) is 0 Å². The number of hydrogen-bond donors (Lipinski definition) is 1. The minimum absolute atomic E-state index is 0.0346. The third-order valence-electron chi connectivity index (χ3n) is 3.52. The lowest BCUT2D eigenvalue weighted by Crippen LogP contribution is -2.49. The van der Waals surface area contributed by atoms with Crippen molar-refractivity contribution < 1.29 is 14.3 Å². The predicted molar refractivity (Wildman–Crippen MR) is 75.0 cm³/mol. The van der Waals surface area contributed by atoms with Crippen molar-refractivity contribution in [3.8, 4) is 0 Å². The first-order valence-electron chi connectivity index (χ1n) is 6.92. The largest absolute Gasteiger partial charge is 0.445 e. The zero-order valence-corrected chi connectivity index (χ0v) is 11.5. The second-order valence-corrected chi connectivity index (χ2v) is 4.92. The molecular weight excluding hydrogens is 256 g/mol. The van der Waals surface area contributed by atoms with Gasteiger partial charge in [0.25, 0.3) is 0 Å². The molecule has 0 radical (unpaired) electrons. The molecule has 1 saturated heterocycles. The molecule has 1 unspecified atom stereocenters. The molecule has 0 saturated carbocycles. The summed E-state index contributed by atoms with van der Waals surface area (Å²) >= 11 is 0. The summed E-state index contributed by atoms with van der Waals surface area (Å²) < 4.78 is 5.29. The van der Waals surface area contributed by atoms with Crippen molar-refractivity contribution in [3.05, 3.63) is 35.9 Å². The summed E-state index contributed by atoms with van der Waals surface area (Å²) in [6.45, 7) is 0.747. The van der Waals surface area contributed by atoms with Crippen LogP contribution in [0.4, 0.5) is 4.79 Å². The Morgan fingerprint density at radius 1 is 1.25 bits per heavy atom. The van der Waals surface area contributed by atoms with Crippen molar-refractivity contribution in [3.63, 3.8) is 0 Å². The van der Waals surface area contributed by atoms with Gasteiger partial charge in [0.1, 0.15) is 6.61 Å². The van der Waals surface area contributed by atoms with Crippen LogP contribution < -0.4 is 5.73 Å². The molecule has 0 aliphatic carbocycles. The molecule has 20 heavy (non-hydrogen) atoms. The number of amides is 1. The van der Waals surface area contributed by atoms with Gasteiger partial charge in [-0.15, -0.1) is 0 Å². The summed E-state index contributed by atoms with van der Waals surface area (Å²) in [5.74, 6) is -0.0960. The molecule has 0 bridgehead atoms. The highest BCUT2D eigenvalue weighted by molar-refractivity contribution is 5.88. The molecule has 0 aromatic heterocycles. The van der Waals surface area contributed by atoms with Gasteiger partial charge in [-0.05, 0) is 24.8 Å². The van der Waals surface area contributed by atoms with Gasteiger partial charge in [-0.2, -0.15) is 0 Å². The van der Waals surface area contributed by atoms with E-state index in [0.717, 1.165) is 18.4 Å². The van der Waals surface area contributed by atoms with Gasteiger partial charge in [-0.1, -0.05) is 30.3 Å². The molecule has 2 rings (SSSR count). The summed E-state index contributed by atoms with van der Waals surface area (Å²) in [6, 6.07) is 9.07. The third kappa shape index (κ3) is 3.57. The van der Waals surface area contributed by atoms with Gasteiger partial charge >= 0.3 is 6.09 Å². The molecule has 0 spiro atoms. The normalized spacial score (nSPS) is 18.6. The molecule has 108 valence electrons. The zero-order valence-electron chi connectivity index (χ0n) is 11.5. The molecule has 1 amide bonds. The van der Waals surface area contributed by atoms with Crippen LogP contribution in [0.3, 0.4) is 0 Å². The van der Waals surface area contributed by atoms with Crippen molar-refractivity contribution in [2.24, 2.45) is 5.73 Å². The average Bonchev–Trinajstić information content (AvgIpc) is 2.52. The number of rotatable bonds is 4. The van der Waals surface area contributed by atoms with Crippen molar-refractivity contribution in [1.82, 2.24) is 4.90 Å². The maximum atomic E-state index is 12.1. The molecular formula is C15H20N2O3. The number of hydrogen-bond acceptors (Lipinski definition) is 4. The lowest BCUT2D eigenvalue weighted by Gasteiger charge is -2.33. The molecule has 1 aromatic rings. The Kier molecular flexibility index (Phi) is 5.12. The van der Waals surface area contributed by atoms with Crippen molar-refractivity contribution >= 4 is 11.9 Å². The van der Waals surface area contributed by atoms with E-state index in [1.54, 1.807) is 0 Å². The Morgan fingerprint density at radius 2 is 2.00 bits per heavy atom. The Morgan fingerprint density at radius 3 is 2.70 bits per heavy atom. The van der Waals surface area contributed by atoms with Crippen LogP contribution in [0.2, 0.25) is 0 Å². The van der Waals surface area contributed by atoms with E-state index in [9.17, 15) is 9.59 Å². The van der Waals surface area contributed by atoms with Crippen LogP contribution >= 0.6 is 0 Å². The predicted octanol–water partition coefficient (Wildman–Crippen LogP) is 1.71. The zero-order chi connectivity index (χ0) is 14.4. The number of nitrogens with two attached hydrogens (primary N) is 1. The molecule has 1 aromatic carbocycles. The molecule has 5 heteroatoms. The highest BCUT2D eigenvalue weighted by atomic mass is 16.6. The van der Waals surface area contributed by atoms with Gasteiger partial charge in [0.2, 0.25) is 0 Å². The highest BCUT2D eigenvalue weighted by Gasteiger charge is 2.32. The van der Waals surface area contributed by atoms with E-state index >= 15 is 0 Å². The molecule has 1 fully saturated rings. The van der Waals surface area contributed by atoms with Crippen LogP contribution in [0.1, 0.15) is 24.8 Å². The fraction of sp³-hybridized carbons (Fsp3) is 0.467. The van der Waals surface area contributed by atoms with Gasteiger partial charge in [0.05, 0.1) is 12.6 Å². The van der Waals surface area contributed by atoms with Crippen LogP contribution in [0.5, 0.6) is 0 Å². The smallest absolute Gasteiger partial charge is 0.410 e. The van der Waals surface area contributed by atoms with Crippen LogP contribution in [0.25, 0.3) is 0 Å². The third-order valence-corrected chi connectivity index (χ3v) is 3.52. The second-order valence-electron chi connectivity index (χ2n) is 4.92. The van der Waals surface area contributed by atoms with Crippen molar-refractivity contribution in [2.45, 2.75) is 31.9 Å². The van der Waals surface area contributed by atoms with Crippen LogP contribution in [0.15, 0.2) is 30.3 Å². The molecule has 5 nitrogen and oxygen atoms in total. The van der Waals surface area contributed by atoms with E-state index in [0.29, 0.717) is 13.0 Å². The number of likely N-dealkylation sites (tertiary alicyclic amines) is 1. The Bertz CT molecular complexity index is 461. The fourth-order valence-electron chi connectivity index (χ4n) is 2.42. The molecule has 1 aliphatic rings. The van der Waals surface area contributed by atoms with Gasteiger partial charge in [0, 0.05) is 6.54 Å². The number of nitrogens with zero attached hydrogens (tertiary/aromatic N) is 1. The average molecular weight is 276 g/mol. The van der Waals surface area contributed by atoms with Crippen LogP contribution in [-0.2, 0) is 16.1 Å². The maximum absolute atomic E-state index is 12.1. The molecule has 1 atom stereocenters. The van der Waals surface area contributed by atoms with E-state index < -0.39 is 12.1 Å². The number of benzene rings is 1. The Balaban J connectivity index is 1.94. The summed E-state index contributed by atoms with van der Waals surface area (Å²) in [4.78, 5) is 25.4. The van der Waals surface area contributed by atoms with E-state index in [1.165, 1.54) is 4.90 Å². The number of carbonyl (C=O) groups excluding carboxylic acids is 2. The van der Waals surface area contributed by atoms with Gasteiger partial charge in [-0.3, -0.25) is 9.69 Å². The minimum atomic E-state index is -0.430. The number of piperidine rings is 1. The number of ketones is 1. The van der Waals surface area contributed by atoms with E-state index in [4.69, 9.17) is 10.5 Å². The topological polar surface area (TPSA) is 72.6 Å². The number of ether oxygens (including phenoxy) is 1. The van der Waals surface area contributed by atoms with Gasteiger partial charge in [0.15, 0.2) is 5.78 Å². The molecule has 2 N–H and O–H groups in total. The second kappa shape index (κ2) is 7.05. The van der Waals surface area contributed by atoms with E-state index in [-0.39, 0.29) is 18.9 Å². The van der Waals surface area contributed by atoms with E-state index in [1.807, 2.05) is 30.3 Å². The Hall–Kier alpha value is -1.88. The standard InChI is InChI=1S/C15H20N2O3/c16-10-14(18)13-8-4-5-9-17(13)15(19)20-11-12-6-2-1-3-7-12/h1-3,6-7,13H,4-5,8-11,16H2. The molecule has 1 heterocycles. The molecule has 1 aliphatic heterocycles. The summed E-state index contributed by atoms with van der Waals surface area (Å²) in [7, 11) is 0. The lowest BCUT2D eigenvalue weighted by atomic mass is 9.99. The minimum Gasteiger partial charge on any atom is -0.445 e. The lowest BCUT2D eigenvalue weighted by molar-refractivity contribution is -0.123. The Labute approximate surface area is 118 Å². The summed E-state index contributed by atoms with van der Waals surface area (Å²) in [6.07, 6.45) is 2.09. The van der Waals surface area contributed by atoms with Gasteiger partial charge < -0.3 is 10.5 Å². The van der Waals surface area contributed by atoms with Crippen molar-refractivity contribution in [1.29, 1.82) is 0 Å². The first-order valence-corrected chi connectivity index (χ1v) is 6.92. The SMILES string of the molecule is NCC(=O)C1CCCCN1C(=O)OCc1ccccc1. The number of Topliss-reactive ketones (excluding diaryl/α,β-unsaturated/α-hetero) is 1. The van der Waals surface area contributed by atoms with Gasteiger partial charge in [-0.25, -0.2) is 4.79 Å². The quantitative estimate of drug-likeness (QED) is 0.908. The monoisotopic (exact) mass is 276 g/mol. The first kappa shape index (κ1) is 14.5.